The molecule has 1 aromatic rings. The first-order valence-corrected chi connectivity index (χ1v) is 4.95. The number of rotatable bonds is 1. The highest BCUT2D eigenvalue weighted by Crippen LogP contribution is 2.25. The Kier molecular flexibility index (Phi) is 2.48. The molecular formula is C10H16N4. The molecule has 0 amide bonds. The van der Waals surface area contributed by atoms with Gasteiger partial charge in [0.05, 0.1) is 11.7 Å². The molecule has 1 atom stereocenters. The zero-order valence-corrected chi connectivity index (χ0v) is 8.70. The largest absolute Gasteiger partial charge is 0.329 e. The third-order valence-electron chi connectivity index (χ3n) is 2.82. The Morgan fingerprint density at radius 1 is 1.64 bits per heavy atom. The lowest BCUT2D eigenvalue weighted by molar-refractivity contribution is 0.230. The van der Waals surface area contributed by atoms with Crippen molar-refractivity contribution in [2.45, 2.75) is 19.4 Å². The summed E-state index contributed by atoms with van der Waals surface area (Å²) < 4.78 is 0. The van der Waals surface area contributed by atoms with Crippen LogP contribution in [0.5, 0.6) is 0 Å². The maximum atomic E-state index is 5.76. The van der Waals surface area contributed by atoms with Crippen LogP contribution in [0.3, 0.4) is 0 Å². The maximum absolute atomic E-state index is 5.76. The number of nitrogens with two attached hydrogens (primary N) is 1. The Balaban J connectivity index is 2.43. The van der Waals surface area contributed by atoms with Crippen LogP contribution >= 0.6 is 0 Å². The van der Waals surface area contributed by atoms with Crippen LogP contribution in [0.15, 0.2) is 6.20 Å². The Hall–Kier alpha value is -1.00. The summed E-state index contributed by atoms with van der Waals surface area (Å²) in [6.07, 6.45) is 2.97. The minimum atomic E-state index is 0.264. The lowest BCUT2D eigenvalue weighted by atomic mass is 10.00. The highest BCUT2D eigenvalue weighted by molar-refractivity contribution is 5.24. The van der Waals surface area contributed by atoms with Crippen LogP contribution in [0.1, 0.15) is 23.1 Å². The van der Waals surface area contributed by atoms with Gasteiger partial charge in [0.25, 0.3) is 0 Å². The van der Waals surface area contributed by atoms with Crippen molar-refractivity contribution in [2.75, 3.05) is 20.1 Å². The molecule has 0 aromatic carbocycles. The predicted octanol–water partition coefficient (Wildman–Crippen LogP) is 0.273. The number of hydrogen-bond acceptors (Lipinski definition) is 4. The Morgan fingerprint density at radius 3 is 3.14 bits per heavy atom. The number of nitrogens with zero attached hydrogens (tertiary/aromatic N) is 3. The van der Waals surface area contributed by atoms with Crippen molar-refractivity contribution in [1.82, 2.24) is 14.9 Å². The maximum Gasteiger partial charge on any atom is 0.125 e. The second-order valence-corrected chi connectivity index (χ2v) is 3.81. The van der Waals surface area contributed by atoms with Gasteiger partial charge in [-0.3, -0.25) is 4.90 Å². The Bertz CT molecular complexity index is 337. The summed E-state index contributed by atoms with van der Waals surface area (Å²) in [5, 5.41) is 0. The third-order valence-corrected chi connectivity index (χ3v) is 2.82. The standard InChI is InChI=1S/C10H16N4/c1-7-12-6-8-3-4-14(2)9(5-11)10(8)13-7/h6,9H,3-5,11H2,1-2H3. The lowest BCUT2D eigenvalue weighted by Gasteiger charge is -2.32. The SMILES string of the molecule is Cc1ncc2c(n1)C(CN)N(C)CC2. The molecule has 0 fully saturated rings. The molecule has 0 aliphatic carbocycles. The Morgan fingerprint density at radius 2 is 2.43 bits per heavy atom. The molecule has 0 saturated heterocycles. The summed E-state index contributed by atoms with van der Waals surface area (Å²) in [6.45, 7) is 3.59. The molecule has 0 saturated carbocycles. The van der Waals surface area contributed by atoms with Gasteiger partial charge >= 0.3 is 0 Å². The summed E-state index contributed by atoms with van der Waals surface area (Å²) in [6, 6.07) is 0.264. The van der Waals surface area contributed by atoms with Crippen LogP contribution in [0.4, 0.5) is 0 Å². The summed E-state index contributed by atoms with van der Waals surface area (Å²) >= 11 is 0. The van der Waals surface area contributed by atoms with Gasteiger partial charge in [-0.1, -0.05) is 0 Å². The van der Waals surface area contributed by atoms with Gasteiger partial charge in [-0.2, -0.15) is 0 Å². The van der Waals surface area contributed by atoms with Crippen molar-refractivity contribution in [3.8, 4) is 0 Å². The van der Waals surface area contributed by atoms with E-state index in [1.807, 2.05) is 13.1 Å². The number of likely N-dealkylation sites (N-methyl/N-ethyl adjacent to an activating group) is 1. The fraction of sp³-hybridized carbons (Fsp3) is 0.600. The van der Waals surface area contributed by atoms with E-state index in [2.05, 4.69) is 21.9 Å². The highest BCUT2D eigenvalue weighted by atomic mass is 15.2. The van der Waals surface area contributed by atoms with E-state index in [9.17, 15) is 0 Å². The molecule has 1 aromatic heterocycles. The van der Waals surface area contributed by atoms with Gasteiger partial charge in [0, 0.05) is 19.3 Å². The van der Waals surface area contributed by atoms with Gasteiger partial charge in [0.2, 0.25) is 0 Å². The monoisotopic (exact) mass is 192 g/mol. The van der Waals surface area contributed by atoms with Crippen molar-refractivity contribution < 1.29 is 0 Å². The summed E-state index contributed by atoms with van der Waals surface area (Å²) in [5.41, 5.74) is 8.13. The van der Waals surface area contributed by atoms with Crippen LogP contribution in [0, 0.1) is 6.92 Å². The van der Waals surface area contributed by atoms with Crippen molar-refractivity contribution in [2.24, 2.45) is 5.73 Å². The third kappa shape index (κ3) is 1.51. The van der Waals surface area contributed by atoms with E-state index in [4.69, 9.17) is 5.73 Å². The molecule has 2 rings (SSSR count). The topological polar surface area (TPSA) is 55.0 Å². The number of aryl methyl sites for hydroxylation is 1. The van der Waals surface area contributed by atoms with Crippen molar-refractivity contribution in [3.63, 3.8) is 0 Å². The van der Waals surface area contributed by atoms with Gasteiger partial charge in [-0.05, 0) is 26.0 Å². The second kappa shape index (κ2) is 3.63. The number of aromatic nitrogens is 2. The number of hydrogen-bond donors (Lipinski definition) is 1. The molecule has 2 heterocycles. The summed E-state index contributed by atoms with van der Waals surface area (Å²) in [4.78, 5) is 11.0. The minimum Gasteiger partial charge on any atom is -0.329 e. The van der Waals surface area contributed by atoms with Crippen molar-refractivity contribution in [1.29, 1.82) is 0 Å². The fourth-order valence-electron chi connectivity index (χ4n) is 1.95. The molecule has 4 heteroatoms. The van der Waals surface area contributed by atoms with E-state index in [0.717, 1.165) is 24.5 Å². The molecule has 0 spiro atoms. The fourth-order valence-corrected chi connectivity index (χ4v) is 1.95. The van der Waals surface area contributed by atoms with Crippen LogP contribution in [0.2, 0.25) is 0 Å². The number of fused-ring (bicyclic) bond motifs is 1. The van der Waals surface area contributed by atoms with Gasteiger partial charge in [0.1, 0.15) is 5.82 Å². The smallest absolute Gasteiger partial charge is 0.125 e. The van der Waals surface area contributed by atoms with E-state index in [1.54, 1.807) is 0 Å². The van der Waals surface area contributed by atoms with E-state index >= 15 is 0 Å². The normalized spacial score (nSPS) is 22.1. The van der Waals surface area contributed by atoms with Gasteiger partial charge in [-0.25, -0.2) is 9.97 Å². The Labute approximate surface area is 84.2 Å². The van der Waals surface area contributed by atoms with Gasteiger partial charge in [-0.15, -0.1) is 0 Å². The van der Waals surface area contributed by atoms with E-state index in [1.165, 1.54) is 5.56 Å². The summed E-state index contributed by atoms with van der Waals surface area (Å²) in [5.74, 6) is 0.831. The highest BCUT2D eigenvalue weighted by Gasteiger charge is 2.25. The first-order valence-electron chi connectivity index (χ1n) is 4.95. The lowest BCUT2D eigenvalue weighted by Crippen LogP contribution is -2.37. The average Bonchev–Trinajstić information content (AvgIpc) is 2.17. The predicted molar refractivity (Wildman–Crippen MR) is 54.9 cm³/mol. The molecule has 1 aliphatic rings. The van der Waals surface area contributed by atoms with Crippen molar-refractivity contribution in [3.05, 3.63) is 23.3 Å². The first-order chi connectivity index (χ1) is 6.72. The minimum absolute atomic E-state index is 0.264. The van der Waals surface area contributed by atoms with Crippen LogP contribution in [-0.2, 0) is 6.42 Å². The van der Waals surface area contributed by atoms with Crippen LogP contribution in [-0.4, -0.2) is 35.0 Å². The van der Waals surface area contributed by atoms with Gasteiger partial charge in [0.15, 0.2) is 0 Å². The zero-order valence-electron chi connectivity index (χ0n) is 8.70. The van der Waals surface area contributed by atoms with Crippen molar-refractivity contribution >= 4 is 0 Å². The molecule has 76 valence electrons. The van der Waals surface area contributed by atoms with Gasteiger partial charge < -0.3 is 5.73 Å². The van der Waals surface area contributed by atoms with Crippen LogP contribution in [0.25, 0.3) is 0 Å². The van der Waals surface area contributed by atoms with Crippen LogP contribution < -0.4 is 5.73 Å². The molecule has 1 aliphatic heterocycles. The van der Waals surface area contributed by atoms with E-state index < -0.39 is 0 Å². The first kappa shape index (κ1) is 9.55. The second-order valence-electron chi connectivity index (χ2n) is 3.81. The van der Waals surface area contributed by atoms with E-state index in [-0.39, 0.29) is 6.04 Å². The molecular weight excluding hydrogens is 176 g/mol. The average molecular weight is 192 g/mol. The molecule has 1 unspecified atom stereocenters. The molecule has 4 nitrogen and oxygen atoms in total. The molecule has 14 heavy (non-hydrogen) atoms. The molecule has 2 N–H and O–H groups in total. The quantitative estimate of drug-likeness (QED) is 0.694. The molecule has 0 bridgehead atoms. The zero-order chi connectivity index (χ0) is 10.1. The summed E-state index contributed by atoms with van der Waals surface area (Å²) in [7, 11) is 2.10. The molecule has 0 radical (unpaired) electrons. The van der Waals surface area contributed by atoms with E-state index in [0.29, 0.717) is 6.54 Å².